The van der Waals surface area contributed by atoms with Crippen molar-refractivity contribution in [2.24, 2.45) is 0 Å². The summed E-state index contributed by atoms with van der Waals surface area (Å²) in [4.78, 5) is 4.43. The third-order valence-electron chi connectivity index (χ3n) is 3.16. The van der Waals surface area contributed by atoms with Crippen molar-refractivity contribution in [3.05, 3.63) is 64.7 Å². The average molecular weight is 422 g/mol. The monoisotopic (exact) mass is 421 g/mol. The topological polar surface area (TPSA) is 22.1 Å². The molecule has 0 amide bonds. The third-order valence-corrected chi connectivity index (χ3v) is 3.48. The summed E-state index contributed by atoms with van der Waals surface area (Å²) in [6, 6.07) is 12.4. The summed E-state index contributed by atoms with van der Waals surface area (Å²) < 4.78 is 5.74. The van der Waals surface area contributed by atoms with Crippen molar-refractivity contribution in [2.75, 3.05) is 6.61 Å². The van der Waals surface area contributed by atoms with Crippen molar-refractivity contribution >= 4 is 15.9 Å². The number of pyridine rings is 1. The van der Waals surface area contributed by atoms with Crippen molar-refractivity contribution in [3.8, 4) is 5.75 Å². The summed E-state index contributed by atoms with van der Waals surface area (Å²) in [6.07, 6.45) is 4.73. The van der Waals surface area contributed by atoms with Crippen LogP contribution in [-0.2, 0) is 52.0 Å². The van der Waals surface area contributed by atoms with Crippen molar-refractivity contribution in [2.45, 2.75) is 26.2 Å². The maximum absolute atomic E-state index is 5.74. The molecule has 0 spiro atoms. The Hall–Kier alpha value is -0.246. The van der Waals surface area contributed by atoms with Gasteiger partial charge in [-0.1, -0.05) is 30.7 Å². The van der Waals surface area contributed by atoms with E-state index in [2.05, 4.69) is 52.1 Å². The predicted molar refractivity (Wildman–Crippen MR) is 86.2 cm³/mol. The van der Waals surface area contributed by atoms with E-state index < -0.39 is 0 Å². The number of ether oxygens (including phenoxy) is 1. The molecule has 4 heteroatoms. The van der Waals surface area contributed by atoms with Gasteiger partial charge in [0, 0.05) is 18.3 Å². The van der Waals surface area contributed by atoms with Crippen LogP contribution >= 0.6 is 15.9 Å². The van der Waals surface area contributed by atoms with Crippen LogP contribution in [0, 0.1) is 5.33 Å². The fourth-order valence-corrected chi connectivity index (χ4v) is 2.27. The first-order valence-electron chi connectivity index (χ1n) is 6.89. The second-order valence-corrected chi connectivity index (χ2v) is 5.26. The van der Waals surface area contributed by atoms with Crippen LogP contribution in [-0.4, -0.2) is 11.6 Å². The molecular weight excluding hydrogens is 403 g/mol. The summed E-state index contributed by atoms with van der Waals surface area (Å²) in [5.41, 5.74) is 3.62. The van der Waals surface area contributed by atoms with E-state index in [-0.39, 0.29) is 32.7 Å². The van der Waals surface area contributed by atoms with Crippen LogP contribution < -0.4 is 4.74 Å². The fourth-order valence-electron chi connectivity index (χ4n) is 1.90. The Balaban J connectivity index is 0.00000220. The minimum absolute atomic E-state index is 0. The molecule has 0 aliphatic rings. The Labute approximate surface area is 160 Å². The van der Waals surface area contributed by atoms with Gasteiger partial charge in [-0.15, -0.1) is 6.42 Å². The number of nitrogens with zero attached hydrogens (tertiary/aromatic N) is 1. The Morgan fingerprint density at radius 1 is 1.10 bits per heavy atom. The van der Waals surface area contributed by atoms with Gasteiger partial charge in [-0.05, 0) is 30.2 Å². The van der Waals surface area contributed by atoms with E-state index in [1.807, 2.05) is 23.7 Å². The molecule has 1 aromatic carbocycles. The third kappa shape index (κ3) is 6.58. The molecule has 1 aromatic heterocycles. The van der Waals surface area contributed by atoms with E-state index >= 15 is 0 Å². The molecule has 0 bridgehead atoms. The Morgan fingerprint density at radius 3 is 2.38 bits per heavy atom. The normalized spacial score (nSPS) is 10.0. The zero-order chi connectivity index (χ0) is 14.2. The number of aryl methyl sites for hydroxylation is 1. The molecule has 0 fully saturated rings. The van der Waals surface area contributed by atoms with Gasteiger partial charge < -0.3 is 20.7 Å². The van der Waals surface area contributed by atoms with Gasteiger partial charge in [-0.3, -0.25) is 10.3 Å². The summed E-state index contributed by atoms with van der Waals surface area (Å²) in [6.45, 7) is 2.79. The number of rotatable bonds is 7. The van der Waals surface area contributed by atoms with E-state index in [4.69, 9.17) is 4.74 Å². The van der Waals surface area contributed by atoms with Crippen LogP contribution in [0.4, 0.5) is 0 Å². The maximum Gasteiger partial charge on any atom is 3.00 e. The molecule has 0 radical (unpaired) electrons. The minimum Gasteiger partial charge on any atom is -0.493 e. The quantitative estimate of drug-likeness (QED) is 0.619. The van der Waals surface area contributed by atoms with E-state index in [9.17, 15) is 0 Å². The molecule has 0 N–H and O–H groups in total. The number of benzene rings is 1. The van der Waals surface area contributed by atoms with E-state index in [0.717, 1.165) is 30.7 Å². The largest absolute Gasteiger partial charge is 3.00 e. The first-order valence-corrected chi connectivity index (χ1v) is 7.81. The van der Waals surface area contributed by atoms with Crippen LogP contribution in [0.1, 0.15) is 23.7 Å². The molecule has 0 saturated carbocycles. The molecule has 106 valence electrons. The summed E-state index contributed by atoms with van der Waals surface area (Å²) in [7, 11) is 0. The second-order valence-electron chi connectivity index (χ2n) is 4.61. The Bertz CT molecular complexity index is 513. The van der Waals surface area contributed by atoms with Crippen LogP contribution in [0.5, 0.6) is 5.75 Å². The van der Waals surface area contributed by atoms with E-state index in [1.54, 1.807) is 0 Å². The molecule has 2 rings (SSSR count). The van der Waals surface area contributed by atoms with Gasteiger partial charge in [-0.25, -0.2) is 0 Å². The summed E-state index contributed by atoms with van der Waals surface area (Å²) in [5, 5.41) is 1.97. The van der Waals surface area contributed by atoms with Crippen LogP contribution in [0.25, 0.3) is 0 Å². The molecule has 0 unspecified atom stereocenters. The van der Waals surface area contributed by atoms with E-state index in [1.165, 1.54) is 11.1 Å². The molecule has 21 heavy (non-hydrogen) atoms. The Morgan fingerprint density at radius 2 is 1.81 bits per heavy atom. The number of halogens is 1. The van der Waals surface area contributed by atoms with Gasteiger partial charge >= 0.3 is 32.7 Å². The summed E-state index contributed by atoms with van der Waals surface area (Å²) in [5.74, 6) is 0.911. The molecular formula is C17H19BrNOY+2. The van der Waals surface area contributed by atoms with E-state index in [0.29, 0.717) is 6.61 Å². The number of aromatic nitrogens is 1. The molecule has 0 aliphatic heterocycles. The van der Waals surface area contributed by atoms with Crippen molar-refractivity contribution in [1.29, 1.82) is 0 Å². The standard InChI is InChI=1S/C17H19BrNO.Y/c1-2-14-3-6-16(19-13-14)10-12-20-17-7-4-15(5-8-17)9-11-18;/h3-8,11,13H,2,9-10,12H2,1H3;/q-1;+3. The Kier molecular flexibility index (Phi) is 9.38. The van der Waals surface area contributed by atoms with Gasteiger partial charge in [0.25, 0.3) is 0 Å². The molecule has 2 nitrogen and oxygen atoms in total. The maximum atomic E-state index is 5.74. The van der Waals surface area contributed by atoms with Crippen molar-refractivity contribution < 1.29 is 37.4 Å². The zero-order valence-electron chi connectivity index (χ0n) is 12.3. The first kappa shape index (κ1) is 18.8. The van der Waals surface area contributed by atoms with Gasteiger partial charge in [0.15, 0.2) is 0 Å². The fraction of sp³-hybridized carbons (Fsp3) is 0.294. The molecule has 1 heterocycles. The number of hydrogen-bond acceptors (Lipinski definition) is 2. The molecule has 0 atom stereocenters. The van der Waals surface area contributed by atoms with Crippen molar-refractivity contribution in [1.82, 2.24) is 4.98 Å². The zero-order valence-corrected chi connectivity index (χ0v) is 16.7. The van der Waals surface area contributed by atoms with Crippen LogP contribution in [0.3, 0.4) is 0 Å². The predicted octanol–water partition coefficient (Wildman–Crippen LogP) is 4.36. The van der Waals surface area contributed by atoms with Crippen molar-refractivity contribution in [3.63, 3.8) is 0 Å². The first-order chi connectivity index (χ1) is 9.81. The number of hydrogen-bond donors (Lipinski definition) is 0. The van der Waals surface area contributed by atoms with Gasteiger partial charge in [0.05, 0.1) is 6.61 Å². The average Bonchev–Trinajstić information content (AvgIpc) is 2.50. The smallest absolute Gasteiger partial charge is 0.493 e. The minimum atomic E-state index is 0. The van der Waals surface area contributed by atoms with Crippen LogP contribution in [0.2, 0.25) is 0 Å². The van der Waals surface area contributed by atoms with Gasteiger partial charge in [0.1, 0.15) is 5.75 Å². The van der Waals surface area contributed by atoms with Gasteiger partial charge in [0.2, 0.25) is 0 Å². The molecule has 0 aliphatic carbocycles. The molecule has 0 saturated heterocycles. The molecule has 2 aromatic rings. The SMILES string of the molecule is CCc1ccc(CCOc2ccc(C[CH-]Br)cc2)nc1.[Y+3]. The van der Waals surface area contributed by atoms with Gasteiger partial charge in [-0.2, -0.15) is 0 Å². The van der Waals surface area contributed by atoms with Crippen LogP contribution in [0.15, 0.2) is 42.6 Å². The second kappa shape index (κ2) is 10.5. The summed E-state index contributed by atoms with van der Waals surface area (Å²) >= 11 is 3.32.